The molecule has 0 aliphatic heterocycles. The monoisotopic (exact) mass is 256 g/mol. The molecule has 0 saturated carbocycles. The molecular formula is C15H16N2O2. The third kappa shape index (κ3) is 3.55. The molecule has 2 aromatic rings. The first-order chi connectivity index (χ1) is 9.19. The third-order valence-electron chi connectivity index (χ3n) is 2.89. The van der Waals surface area contributed by atoms with Crippen molar-refractivity contribution in [3.63, 3.8) is 0 Å². The highest BCUT2D eigenvalue weighted by molar-refractivity contribution is 5.96. The highest BCUT2D eigenvalue weighted by Crippen LogP contribution is 2.14. The number of anilines is 1. The zero-order valence-corrected chi connectivity index (χ0v) is 10.8. The predicted octanol–water partition coefficient (Wildman–Crippen LogP) is 2.49. The van der Waals surface area contributed by atoms with E-state index in [-0.39, 0.29) is 5.78 Å². The van der Waals surface area contributed by atoms with Crippen molar-refractivity contribution < 1.29 is 9.53 Å². The lowest BCUT2D eigenvalue weighted by molar-refractivity contribution is 0.0982. The van der Waals surface area contributed by atoms with Gasteiger partial charge in [0.05, 0.1) is 13.3 Å². The van der Waals surface area contributed by atoms with E-state index in [1.807, 2.05) is 24.3 Å². The number of rotatable bonds is 5. The Morgan fingerprint density at radius 2 is 2.00 bits per heavy atom. The molecule has 19 heavy (non-hydrogen) atoms. The summed E-state index contributed by atoms with van der Waals surface area (Å²) >= 11 is 0. The van der Waals surface area contributed by atoms with Gasteiger partial charge in [-0.1, -0.05) is 12.1 Å². The Balaban J connectivity index is 1.99. The van der Waals surface area contributed by atoms with Crippen LogP contribution in [0, 0.1) is 0 Å². The Morgan fingerprint density at radius 3 is 2.68 bits per heavy atom. The molecule has 0 atom stereocenters. The molecule has 4 heteroatoms. The van der Waals surface area contributed by atoms with E-state index in [1.54, 1.807) is 25.6 Å². The van der Waals surface area contributed by atoms with Crippen molar-refractivity contribution in [1.82, 2.24) is 4.98 Å². The first kappa shape index (κ1) is 13.1. The molecule has 4 nitrogen and oxygen atoms in total. The summed E-state index contributed by atoms with van der Waals surface area (Å²) in [4.78, 5) is 16.0. The maximum Gasteiger partial charge on any atom is 0.164 e. The number of methoxy groups -OCH3 is 1. The van der Waals surface area contributed by atoms with Gasteiger partial charge in [-0.3, -0.25) is 9.78 Å². The topological polar surface area (TPSA) is 65.2 Å². The molecule has 98 valence electrons. The molecule has 1 aromatic carbocycles. The van der Waals surface area contributed by atoms with Crippen molar-refractivity contribution in [2.75, 3.05) is 12.8 Å². The number of hydrogen-bond acceptors (Lipinski definition) is 4. The van der Waals surface area contributed by atoms with Crippen molar-refractivity contribution in [1.29, 1.82) is 0 Å². The zero-order valence-electron chi connectivity index (χ0n) is 10.8. The molecule has 0 aliphatic rings. The fourth-order valence-corrected chi connectivity index (χ4v) is 1.77. The number of ketones is 1. The van der Waals surface area contributed by atoms with Crippen LogP contribution in [0.3, 0.4) is 0 Å². The van der Waals surface area contributed by atoms with Gasteiger partial charge in [0.15, 0.2) is 5.78 Å². The lowest BCUT2D eigenvalue weighted by Gasteiger charge is -2.04. The van der Waals surface area contributed by atoms with E-state index >= 15 is 0 Å². The normalized spacial score (nSPS) is 10.2. The van der Waals surface area contributed by atoms with Gasteiger partial charge in [-0.15, -0.1) is 0 Å². The van der Waals surface area contributed by atoms with Gasteiger partial charge in [-0.2, -0.15) is 0 Å². The predicted molar refractivity (Wildman–Crippen MR) is 74.3 cm³/mol. The van der Waals surface area contributed by atoms with Gasteiger partial charge >= 0.3 is 0 Å². The second kappa shape index (κ2) is 6.00. The average Bonchev–Trinajstić information content (AvgIpc) is 2.46. The maximum atomic E-state index is 12.0. The van der Waals surface area contributed by atoms with E-state index in [4.69, 9.17) is 10.5 Å². The highest BCUT2D eigenvalue weighted by atomic mass is 16.5. The Hall–Kier alpha value is -2.36. The third-order valence-corrected chi connectivity index (χ3v) is 2.89. The summed E-state index contributed by atoms with van der Waals surface area (Å²) in [6.45, 7) is 0. The van der Waals surface area contributed by atoms with Crippen LogP contribution in [-0.2, 0) is 6.42 Å². The van der Waals surface area contributed by atoms with E-state index in [0.29, 0.717) is 24.2 Å². The van der Waals surface area contributed by atoms with Crippen molar-refractivity contribution in [3.8, 4) is 5.75 Å². The van der Waals surface area contributed by atoms with E-state index in [1.165, 1.54) is 0 Å². The standard InChI is InChI=1S/C15H16N2O2/c1-19-14-8-12(9-17-10-14)15(18)7-4-11-2-5-13(16)6-3-11/h2-3,5-6,8-10H,4,7,16H2,1H3. The molecule has 0 aliphatic carbocycles. The number of aromatic nitrogens is 1. The van der Waals surface area contributed by atoms with Gasteiger partial charge < -0.3 is 10.5 Å². The van der Waals surface area contributed by atoms with E-state index in [2.05, 4.69) is 4.98 Å². The maximum absolute atomic E-state index is 12.0. The van der Waals surface area contributed by atoms with Gasteiger partial charge in [0.2, 0.25) is 0 Å². The van der Waals surface area contributed by atoms with E-state index < -0.39 is 0 Å². The van der Waals surface area contributed by atoms with Crippen LogP contribution in [0.15, 0.2) is 42.7 Å². The summed E-state index contributed by atoms with van der Waals surface area (Å²) in [5, 5.41) is 0. The lowest BCUT2D eigenvalue weighted by Crippen LogP contribution is -2.02. The summed E-state index contributed by atoms with van der Waals surface area (Å²) in [5.41, 5.74) is 8.02. The number of nitrogens with two attached hydrogens (primary N) is 1. The van der Waals surface area contributed by atoms with Gasteiger partial charge in [-0.05, 0) is 30.2 Å². The number of carbonyl (C=O) groups excluding carboxylic acids is 1. The minimum Gasteiger partial charge on any atom is -0.495 e. The van der Waals surface area contributed by atoms with Crippen LogP contribution in [-0.4, -0.2) is 17.9 Å². The van der Waals surface area contributed by atoms with Crippen molar-refractivity contribution >= 4 is 11.5 Å². The number of ether oxygens (including phenoxy) is 1. The second-order valence-electron chi connectivity index (χ2n) is 4.28. The average molecular weight is 256 g/mol. The summed E-state index contributed by atoms with van der Waals surface area (Å²) in [6, 6.07) is 9.26. The molecular weight excluding hydrogens is 240 g/mol. The van der Waals surface area contributed by atoms with Crippen LogP contribution in [0.5, 0.6) is 5.75 Å². The van der Waals surface area contributed by atoms with Gasteiger partial charge in [0, 0.05) is 23.9 Å². The fourth-order valence-electron chi connectivity index (χ4n) is 1.77. The Bertz CT molecular complexity index is 565. The highest BCUT2D eigenvalue weighted by Gasteiger charge is 2.07. The number of aryl methyl sites for hydroxylation is 1. The van der Waals surface area contributed by atoms with Crippen molar-refractivity contribution in [2.45, 2.75) is 12.8 Å². The van der Waals surface area contributed by atoms with E-state index in [9.17, 15) is 4.79 Å². The Kier molecular flexibility index (Phi) is 4.13. The summed E-state index contributed by atoms with van der Waals surface area (Å²) < 4.78 is 5.05. The summed E-state index contributed by atoms with van der Waals surface area (Å²) in [5.74, 6) is 0.654. The van der Waals surface area contributed by atoms with Crippen molar-refractivity contribution in [3.05, 3.63) is 53.9 Å². The van der Waals surface area contributed by atoms with Gasteiger partial charge in [0.1, 0.15) is 5.75 Å². The summed E-state index contributed by atoms with van der Waals surface area (Å²) in [7, 11) is 1.56. The summed E-state index contributed by atoms with van der Waals surface area (Å²) in [6.07, 6.45) is 4.28. The molecule has 2 N–H and O–H groups in total. The number of nitrogen functional groups attached to an aromatic ring is 1. The van der Waals surface area contributed by atoms with Crippen LogP contribution in [0.25, 0.3) is 0 Å². The Morgan fingerprint density at radius 1 is 1.26 bits per heavy atom. The fraction of sp³-hybridized carbons (Fsp3) is 0.200. The minimum absolute atomic E-state index is 0.0585. The van der Waals surface area contributed by atoms with Gasteiger partial charge in [0.25, 0.3) is 0 Å². The van der Waals surface area contributed by atoms with E-state index in [0.717, 1.165) is 11.3 Å². The quantitative estimate of drug-likeness (QED) is 0.659. The number of hydrogen-bond donors (Lipinski definition) is 1. The number of pyridine rings is 1. The van der Waals surface area contributed by atoms with Crippen LogP contribution in [0.2, 0.25) is 0 Å². The van der Waals surface area contributed by atoms with Gasteiger partial charge in [-0.25, -0.2) is 0 Å². The molecule has 0 saturated heterocycles. The SMILES string of the molecule is COc1cncc(C(=O)CCc2ccc(N)cc2)c1. The first-order valence-corrected chi connectivity index (χ1v) is 6.05. The molecule has 0 fully saturated rings. The Labute approximate surface area is 112 Å². The number of carbonyl (C=O) groups is 1. The molecule has 0 bridgehead atoms. The van der Waals surface area contributed by atoms with Crippen molar-refractivity contribution in [2.24, 2.45) is 0 Å². The molecule has 0 radical (unpaired) electrons. The van der Waals surface area contributed by atoms with Crippen LogP contribution >= 0.6 is 0 Å². The molecule has 1 heterocycles. The molecule has 2 rings (SSSR count). The van der Waals surface area contributed by atoms with Crippen LogP contribution < -0.4 is 10.5 Å². The van der Waals surface area contributed by atoms with Crippen LogP contribution in [0.4, 0.5) is 5.69 Å². The molecule has 0 spiro atoms. The first-order valence-electron chi connectivity index (χ1n) is 6.05. The molecule has 0 unspecified atom stereocenters. The minimum atomic E-state index is 0.0585. The largest absolute Gasteiger partial charge is 0.495 e. The molecule has 1 aromatic heterocycles. The number of Topliss-reactive ketones (excluding diaryl/α,β-unsaturated/α-hetero) is 1. The van der Waals surface area contributed by atoms with Crippen LogP contribution in [0.1, 0.15) is 22.3 Å². The smallest absolute Gasteiger partial charge is 0.164 e. The molecule has 0 amide bonds. The zero-order chi connectivity index (χ0) is 13.7. The number of nitrogens with zero attached hydrogens (tertiary/aromatic N) is 1. The number of benzene rings is 1. The lowest BCUT2D eigenvalue weighted by atomic mass is 10.0. The second-order valence-corrected chi connectivity index (χ2v) is 4.28.